The summed E-state index contributed by atoms with van der Waals surface area (Å²) in [5.41, 5.74) is 1.16. The Morgan fingerprint density at radius 1 is 1.47 bits per heavy atom. The molecule has 0 spiro atoms. The number of nitrogens with zero attached hydrogens (tertiary/aromatic N) is 2. The Morgan fingerprint density at radius 3 is 2.79 bits per heavy atom. The molecule has 0 aliphatic carbocycles. The molecule has 0 amide bonds. The number of hydrogen-bond acceptors (Lipinski definition) is 4. The van der Waals surface area contributed by atoms with E-state index in [0.29, 0.717) is 11.3 Å². The summed E-state index contributed by atoms with van der Waals surface area (Å²) < 4.78 is 5.20. The van der Waals surface area contributed by atoms with Crippen LogP contribution in [-0.4, -0.2) is 35.8 Å². The van der Waals surface area contributed by atoms with Crippen molar-refractivity contribution in [1.29, 1.82) is 5.26 Å². The summed E-state index contributed by atoms with van der Waals surface area (Å²) in [6.45, 7) is 4.33. The van der Waals surface area contributed by atoms with E-state index >= 15 is 0 Å². The number of hydrogen-bond donors (Lipinski definition) is 1. The number of likely N-dealkylation sites (tertiary alicyclic amines) is 1. The number of rotatable bonds is 5. The molecule has 0 unspecified atom stereocenters. The van der Waals surface area contributed by atoms with Crippen LogP contribution in [0.1, 0.15) is 30.9 Å². The van der Waals surface area contributed by atoms with Crippen molar-refractivity contribution in [3.8, 4) is 11.8 Å². The molecule has 0 saturated carbocycles. The van der Waals surface area contributed by atoms with E-state index in [-0.39, 0.29) is 0 Å². The van der Waals surface area contributed by atoms with Crippen LogP contribution in [0.2, 0.25) is 0 Å². The number of nitriles is 1. The van der Waals surface area contributed by atoms with Gasteiger partial charge in [-0.05, 0) is 24.1 Å². The Balaban J connectivity index is 1.97. The average molecular weight is 260 g/mol. The normalized spacial score (nSPS) is 17.6. The van der Waals surface area contributed by atoms with Gasteiger partial charge < -0.3 is 9.84 Å². The van der Waals surface area contributed by atoms with Crippen LogP contribution in [0.3, 0.4) is 0 Å². The zero-order valence-electron chi connectivity index (χ0n) is 11.5. The van der Waals surface area contributed by atoms with Crippen molar-refractivity contribution in [3.63, 3.8) is 0 Å². The second-order valence-corrected chi connectivity index (χ2v) is 5.27. The molecule has 1 aromatic rings. The van der Waals surface area contributed by atoms with Gasteiger partial charge in [-0.1, -0.05) is 19.4 Å². The molecule has 1 aliphatic heterocycles. The van der Waals surface area contributed by atoms with Gasteiger partial charge in [-0.2, -0.15) is 5.26 Å². The van der Waals surface area contributed by atoms with E-state index in [4.69, 9.17) is 10.00 Å². The van der Waals surface area contributed by atoms with Crippen molar-refractivity contribution in [2.75, 3.05) is 20.2 Å². The highest BCUT2D eigenvalue weighted by Crippen LogP contribution is 2.28. The molecule has 1 aromatic carbocycles. The predicted octanol–water partition coefficient (Wildman–Crippen LogP) is 1.91. The fourth-order valence-electron chi connectivity index (χ4n) is 2.71. The summed E-state index contributed by atoms with van der Waals surface area (Å²) in [7, 11) is 1.57. The van der Waals surface area contributed by atoms with Gasteiger partial charge >= 0.3 is 0 Å². The van der Waals surface area contributed by atoms with E-state index < -0.39 is 5.60 Å². The lowest BCUT2D eigenvalue weighted by molar-refractivity contribution is -0.106. The minimum absolute atomic E-state index is 0.495. The SMILES string of the molecule is CCCC1(O)CN(Cc2ccc(C#N)c(OC)c2)C1. The van der Waals surface area contributed by atoms with Crippen LogP contribution in [0.4, 0.5) is 0 Å². The molecule has 0 bridgehead atoms. The number of aliphatic hydroxyl groups is 1. The summed E-state index contributed by atoms with van der Waals surface area (Å²) >= 11 is 0. The lowest BCUT2D eigenvalue weighted by Crippen LogP contribution is -2.60. The molecule has 102 valence electrons. The molecule has 4 heteroatoms. The largest absolute Gasteiger partial charge is 0.495 e. The zero-order chi connectivity index (χ0) is 13.9. The van der Waals surface area contributed by atoms with Crippen LogP contribution in [0, 0.1) is 11.3 Å². The van der Waals surface area contributed by atoms with Gasteiger partial charge in [-0.15, -0.1) is 0 Å². The van der Waals surface area contributed by atoms with E-state index in [1.165, 1.54) is 0 Å². The quantitative estimate of drug-likeness (QED) is 0.878. The summed E-state index contributed by atoms with van der Waals surface area (Å²) in [6.07, 6.45) is 1.87. The van der Waals surface area contributed by atoms with Crippen LogP contribution in [0.25, 0.3) is 0 Å². The van der Waals surface area contributed by atoms with Gasteiger partial charge in [-0.3, -0.25) is 4.90 Å². The summed E-state index contributed by atoms with van der Waals surface area (Å²) in [4.78, 5) is 2.20. The van der Waals surface area contributed by atoms with Gasteiger partial charge in [0.25, 0.3) is 0 Å². The van der Waals surface area contributed by atoms with Crippen LogP contribution in [0.5, 0.6) is 5.75 Å². The van der Waals surface area contributed by atoms with Crippen molar-refractivity contribution in [2.45, 2.75) is 31.9 Å². The topological polar surface area (TPSA) is 56.5 Å². The van der Waals surface area contributed by atoms with Crippen molar-refractivity contribution in [2.24, 2.45) is 0 Å². The second-order valence-electron chi connectivity index (χ2n) is 5.27. The van der Waals surface area contributed by atoms with Crippen molar-refractivity contribution in [1.82, 2.24) is 4.90 Å². The molecule has 0 aromatic heterocycles. The van der Waals surface area contributed by atoms with Crippen molar-refractivity contribution in [3.05, 3.63) is 29.3 Å². The molecule has 0 atom stereocenters. The number of β-amino-alcohol motifs (C(OH)–C–C–N with tert-alkyl or cyclic N) is 1. The second kappa shape index (κ2) is 5.60. The molecule has 0 radical (unpaired) electrons. The van der Waals surface area contributed by atoms with E-state index in [0.717, 1.165) is 38.0 Å². The molecule has 1 aliphatic rings. The standard InChI is InChI=1S/C15H20N2O2/c1-3-6-15(18)10-17(11-15)9-12-4-5-13(8-16)14(7-12)19-2/h4-5,7,18H,3,6,9-11H2,1-2H3. The van der Waals surface area contributed by atoms with Gasteiger partial charge in [0.1, 0.15) is 11.8 Å². The molecule has 1 fully saturated rings. The molecular formula is C15H20N2O2. The minimum Gasteiger partial charge on any atom is -0.495 e. The maximum absolute atomic E-state index is 10.1. The Labute approximate surface area is 114 Å². The van der Waals surface area contributed by atoms with Crippen LogP contribution >= 0.6 is 0 Å². The fourth-order valence-corrected chi connectivity index (χ4v) is 2.71. The monoisotopic (exact) mass is 260 g/mol. The van der Waals surface area contributed by atoms with E-state index in [1.54, 1.807) is 13.2 Å². The van der Waals surface area contributed by atoms with Gasteiger partial charge in [0.15, 0.2) is 0 Å². The van der Waals surface area contributed by atoms with E-state index in [2.05, 4.69) is 17.9 Å². The number of ether oxygens (including phenoxy) is 1. The Hall–Kier alpha value is -1.57. The van der Waals surface area contributed by atoms with Crippen molar-refractivity contribution < 1.29 is 9.84 Å². The Bertz CT molecular complexity index is 487. The van der Waals surface area contributed by atoms with Crippen molar-refractivity contribution >= 4 is 0 Å². The minimum atomic E-state index is -0.495. The lowest BCUT2D eigenvalue weighted by Gasteiger charge is -2.46. The first kappa shape index (κ1) is 13.9. The zero-order valence-corrected chi connectivity index (χ0v) is 11.5. The number of methoxy groups -OCH3 is 1. The van der Waals surface area contributed by atoms with E-state index in [9.17, 15) is 5.11 Å². The van der Waals surface area contributed by atoms with Gasteiger partial charge in [0, 0.05) is 19.6 Å². The highest BCUT2D eigenvalue weighted by Gasteiger charge is 2.39. The van der Waals surface area contributed by atoms with Crippen LogP contribution in [0.15, 0.2) is 18.2 Å². The van der Waals surface area contributed by atoms with Gasteiger partial charge in [0.05, 0.1) is 18.3 Å². The molecule has 1 saturated heterocycles. The molecule has 1 N–H and O–H groups in total. The third-order valence-electron chi connectivity index (χ3n) is 3.54. The average Bonchev–Trinajstić information content (AvgIpc) is 2.37. The molecule has 19 heavy (non-hydrogen) atoms. The van der Waals surface area contributed by atoms with Gasteiger partial charge in [0.2, 0.25) is 0 Å². The van der Waals surface area contributed by atoms with E-state index in [1.807, 2.05) is 12.1 Å². The van der Waals surface area contributed by atoms with Gasteiger partial charge in [-0.25, -0.2) is 0 Å². The highest BCUT2D eigenvalue weighted by atomic mass is 16.5. The number of benzene rings is 1. The van der Waals surface area contributed by atoms with Crippen LogP contribution in [-0.2, 0) is 6.54 Å². The molecular weight excluding hydrogens is 240 g/mol. The first-order valence-electron chi connectivity index (χ1n) is 6.62. The molecule has 1 heterocycles. The van der Waals surface area contributed by atoms with Crippen LogP contribution < -0.4 is 4.74 Å². The fraction of sp³-hybridized carbons (Fsp3) is 0.533. The first-order valence-corrected chi connectivity index (χ1v) is 6.62. The summed E-state index contributed by atoms with van der Waals surface area (Å²) in [5, 5.41) is 19.1. The Morgan fingerprint density at radius 2 is 2.21 bits per heavy atom. The summed E-state index contributed by atoms with van der Waals surface area (Å²) in [5.74, 6) is 0.615. The molecule has 2 rings (SSSR count). The first-order chi connectivity index (χ1) is 9.10. The molecule has 4 nitrogen and oxygen atoms in total. The summed E-state index contributed by atoms with van der Waals surface area (Å²) in [6, 6.07) is 7.73. The Kier molecular flexibility index (Phi) is 4.08. The highest BCUT2D eigenvalue weighted by molar-refractivity contribution is 5.45. The third kappa shape index (κ3) is 3.06. The maximum Gasteiger partial charge on any atom is 0.136 e. The third-order valence-corrected chi connectivity index (χ3v) is 3.54. The smallest absolute Gasteiger partial charge is 0.136 e. The predicted molar refractivity (Wildman–Crippen MR) is 72.8 cm³/mol. The lowest BCUT2D eigenvalue weighted by atomic mass is 9.89. The maximum atomic E-state index is 10.1.